The second-order valence-electron chi connectivity index (χ2n) is 5.92. The zero-order valence-corrected chi connectivity index (χ0v) is 12.1. The standard InChI is InChI=1S/C15H21NO4/c1-4-9(2)13(14(18)19)16-6-5-10-11(8-16)15(3,20)7-12(10)17/h5-6,8-9,12-13,17,20H,4,7H2,1-3H3/p+1/t9-,12+,13+,15+/m0/s1. The van der Waals surface area contributed by atoms with E-state index in [0.29, 0.717) is 11.1 Å². The van der Waals surface area contributed by atoms with Gasteiger partial charge in [0.05, 0.1) is 17.3 Å². The maximum absolute atomic E-state index is 11.5. The Hall–Kier alpha value is -1.46. The van der Waals surface area contributed by atoms with Crippen LogP contribution in [0, 0.1) is 5.92 Å². The van der Waals surface area contributed by atoms with Crippen LogP contribution in [0.1, 0.15) is 56.9 Å². The van der Waals surface area contributed by atoms with Crippen molar-refractivity contribution in [1.29, 1.82) is 0 Å². The van der Waals surface area contributed by atoms with Crippen LogP contribution in [0.5, 0.6) is 0 Å². The first-order valence-electron chi connectivity index (χ1n) is 6.96. The number of aliphatic carboxylic acids is 1. The number of nitrogens with zero attached hydrogens (tertiary/aromatic N) is 1. The predicted octanol–water partition coefficient (Wildman–Crippen LogP) is 1.29. The van der Waals surface area contributed by atoms with E-state index in [-0.39, 0.29) is 12.3 Å². The molecule has 0 fully saturated rings. The van der Waals surface area contributed by atoms with Crippen molar-refractivity contribution in [1.82, 2.24) is 0 Å². The lowest BCUT2D eigenvalue weighted by atomic mass is 9.97. The van der Waals surface area contributed by atoms with Gasteiger partial charge in [-0.2, -0.15) is 4.57 Å². The normalized spacial score (nSPS) is 27.9. The van der Waals surface area contributed by atoms with E-state index >= 15 is 0 Å². The maximum Gasteiger partial charge on any atom is 0.373 e. The van der Waals surface area contributed by atoms with E-state index < -0.39 is 23.7 Å². The molecular formula is C15H22NO4+. The van der Waals surface area contributed by atoms with E-state index in [1.165, 1.54) is 0 Å². The van der Waals surface area contributed by atoms with Crippen molar-refractivity contribution in [2.45, 2.75) is 51.4 Å². The summed E-state index contributed by atoms with van der Waals surface area (Å²) in [6.07, 6.45) is 3.64. The number of aliphatic hydroxyl groups is 2. The Balaban J connectivity index is 2.47. The number of hydrogen-bond donors (Lipinski definition) is 3. The predicted molar refractivity (Wildman–Crippen MR) is 71.9 cm³/mol. The van der Waals surface area contributed by atoms with Crippen LogP contribution in [0.3, 0.4) is 0 Å². The monoisotopic (exact) mass is 280 g/mol. The van der Waals surface area contributed by atoms with E-state index in [0.717, 1.165) is 6.42 Å². The smallest absolute Gasteiger partial charge is 0.373 e. The zero-order chi connectivity index (χ0) is 15.1. The van der Waals surface area contributed by atoms with Crippen molar-refractivity contribution in [2.75, 3.05) is 0 Å². The van der Waals surface area contributed by atoms with Crippen molar-refractivity contribution in [2.24, 2.45) is 5.92 Å². The van der Waals surface area contributed by atoms with Crippen molar-refractivity contribution in [3.05, 3.63) is 29.6 Å². The molecule has 1 aromatic rings. The first-order chi connectivity index (χ1) is 9.27. The van der Waals surface area contributed by atoms with Crippen molar-refractivity contribution < 1.29 is 24.7 Å². The zero-order valence-electron chi connectivity index (χ0n) is 12.1. The summed E-state index contributed by atoms with van der Waals surface area (Å²) < 4.78 is 1.63. The molecule has 0 unspecified atom stereocenters. The number of carboxylic acids is 1. The molecule has 0 bridgehead atoms. The van der Waals surface area contributed by atoms with Gasteiger partial charge in [-0.1, -0.05) is 13.8 Å². The van der Waals surface area contributed by atoms with Crippen LogP contribution in [0.2, 0.25) is 0 Å². The Morgan fingerprint density at radius 3 is 2.80 bits per heavy atom. The molecule has 0 saturated carbocycles. The molecule has 0 radical (unpaired) electrons. The number of aliphatic hydroxyl groups excluding tert-OH is 1. The van der Waals surface area contributed by atoms with Crippen LogP contribution in [-0.2, 0) is 10.4 Å². The molecule has 1 aliphatic carbocycles. The molecule has 20 heavy (non-hydrogen) atoms. The summed E-state index contributed by atoms with van der Waals surface area (Å²) in [6.45, 7) is 5.49. The number of carbonyl (C=O) groups is 1. The molecule has 5 heteroatoms. The first-order valence-corrected chi connectivity index (χ1v) is 6.96. The average Bonchev–Trinajstić information content (AvgIpc) is 2.59. The van der Waals surface area contributed by atoms with Gasteiger partial charge < -0.3 is 15.3 Å². The SMILES string of the molecule is CC[C@H](C)[C@H](C(=O)O)[n+]1ccc2c(c1)[C@](C)(O)C[C@H]2O. The van der Waals surface area contributed by atoms with Gasteiger partial charge in [0.2, 0.25) is 0 Å². The van der Waals surface area contributed by atoms with Crippen LogP contribution in [0.25, 0.3) is 0 Å². The second kappa shape index (κ2) is 5.14. The lowest BCUT2D eigenvalue weighted by molar-refractivity contribution is -0.717. The molecule has 2 rings (SSSR count). The van der Waals surface area contributed by atoms with Gasteiger partial charge in [-0.3, -0.25) is 0 Å². The topological polar surface area (TPSA) is 81.6 Å². The summed E-state index contributed by atoms with van der Waals surface area (Å²) in [5, 5.41) is 29.7. The van der Waals surface area contributed by atoms with Gasteiger partial charge in [-0.15, -0.1) is 0 Å². The molecule has 1 aliphatic rings. The number of rotatable bonds is 4. The third-order valence-electron chi connectivity index (χ3n) is 4.30. The number of hydrogen-bond acceptors (Lipinski definition) is 3. The number of aromatic nitrogens is 1. The maximum atomic E-state index is 11.5. The van der Waals surface area contributed by atoms with Gasteiger partial charge in [-0.25, -0.2) is 4.79 Å². The summed E-state index contributed by atoms with van der Waals surface area (Å²) in [4.78, 5) is 11.5. The molecule has 3 N–H and O–H groups in total. The minimum absolute atomic E-state index is 0.0215. The van der Waals surface area contributed by atoms with Crippen LogP contribution in [0.15, 0.2) is 18.5 Å². The summed E-state index contributed by atoms with van der Waals surface area (Å²) in [5.41, 5.74) is 0.178. The summed E-state index contributed by atoms with van der Waals surface area (Å²) in [6, 6.07) is 1.04. The van der Waals surface area contributed by atoms with Gasteiger partial charge in [0.15, 0.2) is 12.4 Å². The number of pyridine rings is 1. The molecule has 110 valence electrons. The quantitative estimate of drug-likeness (QED) is 0.726. The highest BCUT2D eigenvalue weighted by atomic mass is 16.4. The van der Waals surface area contributed by atoms with Crippen molar-refractivity contribution in [3.8, 4) is 0 Å². The molecular weight excluding hydrogens is 258 g/mol. The highest BCUT2D eigenvalue weighted by molar-refractivity contribution is 5.70. The van der Waals surface area contributed by atoms with Gasteiger partial charge in [-0.05, 0) is 18.9 Å². The van der Waals surface area contributed by atoms with Crippen molar-refractivity contribution in [3.63, 3.8) is 0 Å². The Kier molecular flexibility index (Phi) is 3.84. The van der Waals surface area contributed by atoms with E-state index in [1.54, 1.807) is 30.0 Å². The first kappa shape index (κ1) is 14.9. The van der Waals surface area contributed by atoms with Crippen molar-refractivity contribution >= 4 is 5.97 Å². The molecule has 0 saturated heterocycles. The van der Waals surface area contributed by atoms with E-state index in [9.17, 15) is 20.1 Å². The van der Waals surface area contributed by atoms with Gasteiger partial charge >= 0.3 is 5.97 Å². The molecule has 0 aliphatic heterocycles. The van der Waals surface area contributed by atoms with E-state index in [4.69, 9.17) is 0 Å². The van der Waals surface area contributed by atoms with Gasteiger partial charge in [0.25, 0.3) is 6.04 Å². The molecule has 1 heterocycles. The molecule has 4 atom stereocenters. The molecule has 0 amide bonds. The van der Waals surface area contributed by atoms with Crippen LogP contribution < -0.4 is 4.57 Å². The second-order valence-corrected chi connectivity index (χ2v) is 5.92. The van der Waals surface area contributed by atoms with Crippen LogP contribution in [0.4, 0.5) is 0 Å². The van der Waals surface area contributed by atoms with Crippen LogP contribution >= 0.6 is 0 Å². The van der Waals surface area contributed by atoms with E-state index in [1.807, 2.05) is 13.8 Å². The Morgan fingerprint density at radius 1 is 1.60 bits per heavy atom. The molecule has 1 aromatic heterocycles. The summed E-state index contributed by atoms with van der Waals surface area (Å²) in [7, 11) is 0. The minimum Gasteiger partial charge on any atom is -0.476 e. The van der Waals surface area contributed by atoms with Gasteiger partial charge in [0, 0.05) is 18.4 Å². The largest absolute Gasteiger partial charge is 0.476 e. The molecule has 0 aromatic carbocycles. The lowest BCUT2D eigenvalue weighted by Crippen LogP contribution is -2.47. The Labute approximate surface area is 118 Å². The third kappa shape index (κ3) is 2.43. The molecule has 0 spiro atoms. The Bertz CT molecular complexity index is 527. The fraction of sp³-hybridized carbons (Fsp3) is 0.600. The summed E-state index contributed by atoms with van der Waals surface area (Å²) >= 11 is 0. The number of carboxylic acid groups (broad SMARTS) is 1. The average molecular weight is 280 g/mol. The number of fused-ring (bicyclic) bond motifs is 1. The fourth-order valence-electron chi connectivity index (χ4n) is 2.92. The highest BCUT2D eigenvalue weighted by Crippen LogP contribution is 2.42. The van der Waals surface area contributed by atoms with Crippen LogP contribution in [-0.4, -0.2) is 21.3 Å². The highest BCUT2D eigenvalue weighted by Gasteiger charge is 2.42. The Morgan fingerprint density at radius 2 is 2.25 bits per heavy atom. The summed E-state index contributed by atoms with van der Waals surface area (Å²) in [5.74, 6) is -0.908. The lowest BCUT2D eigenvalue weighted by Gasteiger charge is -2.18. The van der Waals surface area contributed by atoms with E-state index in [2.05, 4.69) is 0 Å². The van der Waals surface area contributed by atoms with Gasteiger partial charge in [0.1, 0.15) is 0 Å². The minimum atomic E-state index is -1.11. The molecule has 5 nitrogen and oxygen atoms in total. The fourth-order valence-corrected chi connectivity index (χ4v) is 2.92. The third-order valence-corrected chi connectivity index (χ3v) is 4.30.